The van der Waals surface area contributed by atoms with Gasteiger partial charge in [-0.3, -0.25) is 4.79 Å². The van der Waals surface area contributed by atoms with E-state index in [1.165, 1.54) is 22.9 Å². The van der Waals surface area contributed by atoms with Gasteiger partial charge in [-0.15, -0.1) is 0 Å². The average Bonchev–Trinajstić information content (AvgIpc) is 3.41. The minimum absolute atomic E-state index is 0.0196. The molecule has 2 fully saturated rings. The Labute approximate surface area is 170 Å². The predicted octanol–water partition coefficient (Wildman–Crippen LogP) is 2.46. The lowest BCUT2D eigenvalue weighted by molar-refractivity contribution is 0.0695. The highest BCUT2D eigenvalue weighted by molar-refractivity contribution is 5.94. The third kappa shape index (κ3) is 2.75. The quantitative estimate of drug-likeness (QED) is 0.613. The van der Waals surface area contributed by atoms with Crippen LogP contribution in [0.5, 0.6) is 5.75 Å². The number of aromatic carboxylic acids is 1. The van der Waals surface area contributed by atoms with Crippen LogP contribution in [0, 0.1) is 11.2 Å². The third-order valence-corrected chi connectivity index (χ3v) is 6.37. The van der Waals surface area contributed by atoms with Crippen LogP contribution in [0.1, 0.15) is 23.2 Å². The molecule has 154 valence electrons. The van der Waals surface area contributed by atoms with Crippen molar-refractivity contribution in [2.75, 3.05) is 18.0 Å². The van der Waals surface area contributed by atoms with Gasteiger partial charge in [-0.05, 0) is 49.2 Å². The molecule has 2 heterocycles. The minimum atomic E-state index is -1.39. The molecule has 1 aliphatic heterocycles. The van der Waals surface area contributed by atoms with Crippen molar-refractivity contribution in [1.82, 2.24) is 4.57 Å². The highest BCUT2D eigenvalue weighted by atomic mass is 19.1. The fourth-order valence-corrected chi connectivity index (χ4v) is 4.42. The number of halogens is 1. The second-order valence-corrected chi connectivity index (χ2v) is 8.23. The highest BCUT2D eigenvalue weighted by Gasteiger charge is 2.53. The van der Waals surface area contributed by atoms with Crippen LogP contribution in [0.3, 0.4) is 0 Å². The summed E-state index contributed by atoms with van der Waals surface area (Å²) < 4.78 is 16.6. The molecule has 1 aromatic heterocycles. The first-order valence-electron chi connectivity index (χ1n) is 9.71. The zero-order valence-corrected chi connectivity index (χ0v) is 16.0. The van der Waals surface area contributed by atoms with E-state index in [2.05, 4.69) is 0 Å². The van der Waals surface area contributed by atoms with Gasteiger partial charge in [0.1, 0.15) is 17.1 Å². The molecule has 4 N–H and O–H groups in total. The largest absolute Gasteiger partial charge is 0.508 e. The summed E-state index contributed by atoms with van der Waals surface area (Å²) in [4.78, 5) is 26.2. The van der Waals surface area contributed by atoms with Gasteiger partial charge < -0.3 is 25.4 Å². The van der Waals surface area contributed by atoms with Crippen molar-refractivity contribution in [3.8, 4) is 11.4 Å². The molecule has 8 heteroatoms. The zero-order valence-electron chi connectivity index (χ0n) is 16.0. The number of hydrogen-bond acceptors (Lipinski definition) is 5. The van der Waals surface area contributed by atoms with Gasteiger partial charge in [-0.2, -0.15) is 0 Å². The van der Waals surface area contributed by atoms with E-state index in [-0.39, 0.29) is 22.6 Å². The molecule has 1 saturated heterocycles. The van der Waals surface area contributed by atoms with Crippen molar-refractivity contribution in [1.29, 1.82) is 0 Å². The lowest BCUT2D eigenvalue weighted by atomic mass is 10.0. The third-order valence-electron chi connectivity index (χ3n) is 6.37. The SMILES string of the molecule is N[C@H]1CN(c2cc3c(cc2F)c(=O)c(C(=O)O)cn3-c2ccc(O)cc2)CC12CC2. The molecule has 0 amide bonds. The summed E-state index contributed by atoms with van der Waals surface area (Å²) in [7, 11) is 0. The van der Waals surface area contributed by atoms with Crippen molar-refractivity contribution in [3.05, 3.63) is 64.2 Å². The summed E-state index contributed by atoms with van der Waals surface area (Å²) in [5.41, 5.74) is 6.39. The molecule has 7 nitrogen and oxygen atoms in total. The lowest BCUT2D eigenvalue weighted by Gasteiger charge is -2.21. The Hall–Kier alpha value is -3.39. The van der Waals surface area contributed by atoms with E-state index in [0.717, 1.165) is 18.9 Å². The van der Waals surface area contributed by atoms with Crippen molar-refractivity contribution >= 4 is 22.6 Å². The number of phenolic OH excluding ortho intramolecular Hbond substituents is 1. The number of aromatic nitrogens is 1. The van der Waals surface area contributed by atoms with E-state index in [4.69, 9.17) is 5.73 Å². The summed E-state index contributed by atoms with van der Waals surface area (Å²) in [5.74, 6) is -1.92. The summed E-state index contributed by atoms with van der Waals surface area (Å²) >= 11 is 0. The van der Waals surface area contributed by atoms with E-state index in [9.17, 15) is 19.8 Å². The van der Waals surface area contributed by atoms with Crippen molar-refractivity contribution in [2.45, 2.75) is 18.9 Å². The first-order valence-corrected chi connectivity index (χ1v) is 9.71. The number of pyridine rings is 1. The molecule has 5 rings (SSSR count). The number of nitrogens with two attached hydrogens (primary N) is 1. The molecular formula is C22H20FN3O4. The fourth-order valence-electron chi connectivity index (χ4n) is 4.42. The fraction of sp³-hybridized carbons (Fsp3) is 0.273. The second kappa shape index (κ2) is 6.30. The number of phenols is 1. The maximum absolute atomic E-state index is 15.1. The average molecular weight is 409 g/mol. The molecule has 0 radical (unpaired) electrons. The number of benzene rings is 2. The number of carboxylic acid groups (broad SMARTS) is 1. The van der Waals surface area contributed by atoms with Gasteiger partial charge in [0.25, 0.3) is 0 Å². The van der Waals surface area contributed by atoms with E-state index < -0.39 is 22.8 Å². The molecule has 1 spiro atoms. The second-order valence-electron chi connectivity index (χ2n) is 8.23. The number of anilines is 1. The molecule has 1 aliphatic carbocycles. The Morgan fingerprint density at radius 2 is 1.90 bits per heavy atom. The van der Waals surface area contributed by atoms with E-state index in [1.54, 1.807) is 18.2 Å². The first kappa shape index (κ1) is 18.6. The van der Waals surface area contributed by atoms with Crippen LogP contribution in [0.25, 0.3) is 16.6 Å². The zero-order chi connectivity index (χ0) is 21.2. The lowest BCUT2D eigenvalue weighted by Crippen LogP contribution is -2.30. The van der Waals surface area contributed by atoms with Gasteiger partial charge in [0.2, 0.25) is 5.43 Å². The van der Waals surface area contributed by atoms with Crippen molar-refractivity contribution < 1.29 is 19.4 Å². The molecule has 0 bridgehead atoms. The Balaban J connectivity index is 1.74. The Morgan fingerprint density at radius 1 is 1.20 bits per heavy atom. The Bertz CT molecular complexity index is 1250. The molecule has 1 saturated carbocycles. The van der Waals surface area contributed by atoms with E-state index >= 15 is 4.39 Å². The summed E-state index contributed by atoms with van der Waals surface area (Å²) in [6.07, 6.45) is 3.29. The van der Waals surface area contributed by atoms with Crippen LogP contribution < -0.4 is 16.1 Å². The molecule has 2 aromatic carbocycles. The van der Waals surface area contributed by atoms with Crippen LogP contribution in [0.2, 0.25) is 0 Å². The number of rotatable bonds is 3. The molecule has 30 heavy (non-hydrogen) atoms. The standard InChI is InChI=1S/C22H20FN3O4/c23-16-7-14-17(8-18(16)25-10-19(24)22(11-25)5-6-22)26(9-15(20(14)28)21(29)30)12-1-3-13(27)4-2-12/h1-4,7-9,19,27H,5-6,10-11,24H2,(H,29,30)/t19-/m0/s1. The summed E-state index contributed by atoms with van der Waals surface area (Å²) in [5, 5.41) is 19.0. The van der Waals surface area contributed by atoms with Gasteiger partial charge in [0, 0.05) is 41.8 Å². The molecule has 2 aliphatic rings. The van der Waals surface area contributed by atoms with E-state index in [1.807, 2.05) is 4.90 Å². The molecule has 1 atom stereocenters. The Morgan fingerprint density at radius 3 is 2.50 bits per heavy atom. The molecule has 0 unspecified atom stereocenters. The van der Waals surface area contributed by atoms with Crippen molar-refractivity contribution in [2.24, 2.45) is 11.1 Å². The topological polar surface area (TPSA) is 109 Å². The van der Waals surface area contributed by atoms with Gasteiger partial charge in [-0.25, -0.2) is 9.18 Å². The Kier molecular flexibility index (Phi) is 3.91. The maximum atomic E-state index is 15.1. The van der Waals surface area contributed by atoms with Crippen LogP contribution in [-0.4, -0.2) is 39.9 Å². The number of carboxylic acids is 1. The van der Waals surface area contributed by atoms with Crippen molar-refractivity contribution in [3.63, 3.8) is 0 Å². The number of fused-ring (bicyclic) bond motifs is 1. The van der Waals surface area contributed by atoms with Crippen LogP contribution in [0.15, 0.2) is 47.4 Å². The summed E-state index contributed by atoms with van der Waals surface area (Å²) in [6.45, 7) is 1.19. The number of carbonyl (C=O) groups is 1. The minimum Gasteiger partial charge on any atom is -0.508 e. The maximum Gasteiger partial charge on any atom is 0.341 e. The first-order chi connectivity index (χ1) is 14.3. The molecule has 3 aromatic rings. The number of hydrogen-bond donors (Lipinski definition) is 3. The monoisotopic (exact) mass is 409 g/mol. The number of nitrogens with zero attached hydrogens (tertiary/aromatic N) is 2. The predicted molar refractivity (Wildman–Crippen MR) is 110 cm³/mol. The number of aromatic hydroxyl groups is 1. The molecular weight excluding hydrogens is 389 g/mol. The highest BCUT2D eigenvalue weighted by Crippen LogP contribution is 2.53. The van der Waals surface area contributed by atoms with E-state index in [0.29, 0.717) is 30.0 Å². The van der Waals surface area contributed by atoms with Gasteiger partial charge >= 0.3 is 5.97 Å². The smallest absolute Gasteiger partial charge is 0.341 e. The van der Waals surface area contributed by atoms with Crippen LogP contribution >= 0.6 is 0 Å². The van der Waals surface area contributed by atoms with Crippen LogP contribution in [-0.2, 0) is 0 Å². The van der Waals surface area contributed by atoms with Gasteiger partial charge in [0.15, 0.2) is 0 Å². The van der Waals surface area contributed by atoms with Crippen LogP contribution in [0.4, 0.5) is 10.1 Å². The van der Waals surface area contributed by atoms with Gasteiger partial charge in [-0.1, -0.05) is 0 Å². The normalized spacial score (nSPS) is 19.5. The van der Waals surface area contributed by atoms with Gasteiger partial charge in [0.05, 0.1) is 11.2 Å². The summed E-state index contributed by atoms with van der Waals surface area (Å²) in [6, 6.07) is 8.78.